The smallest absolute Gasteiger partial charge is 0.279 e. The van der Waals surface area contributed by atoms with Crippen LogP contribution in [0.25, 0.3) is 27.7 Å². The van der Waals surface area contributed by atoms with Crippen LogP contribution >= 0.6 is 11.6 Å². The molecule has 0 saturated heterocycles. The van der Waals surface area contributed by atoms with Gasteiger partial charge in [-0.05, 0) is 23.8 Å². The van der Waals surface area contributed by atoms with Crippen molar-refractivity contribution in [2.24, 2.45) is 0 Å². The van der Waals surface area contributed by atoms with E-state index in [1.807, 2.05) is 44.4 Å². The topological polar surface area (TPSA) is 55.4 Å². The summed E-state index contributed by atoms with van der Waals surface area (Å²) < 4.78 is 3.22. The maximum atomic E-state index is 12.6. The first-order valence-electron chi connectivity index (χ1n) is 7.38. The van der Waals surface area contributed by atoms with Gasteiger partial charge in [0.05, 0.1) is 17.1 Å². The highest BCUT2D eigenvalue weighted by molar-refractivity contribution is 6.30. The minimum Gasteiger partial charge on any atom is -0.316 e. The molecule has 0 N–H and O–H groups in total. The molecule has 0 bridgehead atoms. The van der Waals surface area contributed by atoms with Crippen LogP contribution in [0, 0.1) is 0 Å². The molecule has 3 heterocycles. The van der Waals surface area contributed by atoms with Gasteiger partial charge < -0.3 is 5.01 Å². The zero-order valence-corrected chi connectivity index (χ0v) is 13.9. The van der Waals surface area contributed by atoms with E-state index < -0.39 is 0 Å². The number of rotatable bonds is 2. The summed E-state index contributed by atoms with van der Waals surface area (Å²) in [6.45, 7) is 0. The number of pyridine rings is 1. The van der Waals surface area contributed by atoms with E-state index in [0.29, 0.717) is 16.1 Å². The van der Waals surface area contributed by atoms with Crippen molar-refractivity contribution in [3.63, 3.8) is 0 Å². The van der Waals surface area contributed by atoms with E-state index in [4.69, 9.17) is 11.6 Å². The minimum atomic E-state index is -0.129. The van der Waals surface area contributed by atoms with Crippen LogP contribution in [0.2, 0.25) is 5.02 Å². The standard InChI is InChI=1S/C17H14ClN5O/c1-21(2)22-8-7-15-14(17(22)24)9-19-16-13(10-20-23(15)16)11-3-5-12(18)6-4-11/h3-10H,1-2H3. The van der Waals surface area contributed by atoms with Gasteiger partial charge >= 0.3 is 0 Å². The molecule has 0 atom stereocenters. The summed E-state index contributed by atoms with van der Waals surface area (Å²) >= 11 is 5.95. The summed E-state index contributed by atoms with van der Waals surface area (Å²) in [6, 6.07) is 9.38. The van der Waals surface area contributed by atoms with Crippen molar-refractivity contribution >= 4 is 28.2 Å². The number of halogens is 1. The molecule has 4 aromatic rings. The molecule has 1 aromatic carbocycles. The fourth-order valence-electron chi connectivity index (χ4n) is 2.75. The number of hydrogen-bond donors (Lipinski definition) is 0. The van der Waals surface area contributed by atoms with E-state index in [0.717, 1.165) is 16.6 Å². The van der Waals surface area contributed by atoms with Gasteiger partial charge in [-0.3, -0.25) is 4.79 Å². The number of hydrogen-bond acceptors (Lipinski definition) is 4. The average molecular weight is 340 g/mol. The van der Waals surface area contributed by atoms with Crippen molar-refractivity contribution < 1.29 is 0 Å². The van der Waals surface area contributed by atoms with Gasteiger partial charge in [-0.2, -0.15) is 5.10 Å². The Balaban J connectivity index is 1.99. The number of nitrogens with zero attached hydrogens (tertiary/aromatic N) is 5. The van der Waals surface area contributed by atoms with E-state index >= 15 is 0 Å². The van der Waals surface area contributed by atoms with Gasteiger partial charge in [0.2, 0.25) is 0 Å². The molecule has 0 aliphatic rings. The molecule has 0 fully saturated rings. The first-order chi connectivity index (χ1) is 11.6. The average Bonchev–Trinajstić information content (AvgIpc) is 3.00. The predicted molar refractivity (Wildman–Crippen MR) is 95.3 cm³/mol. The van der Waals surface area contributed by atoms with Crippen LogP contribution in [0.1, 0.15) is 0 Å². The molecule has 0 aliphatic heterocycles. The molecule has 24 heavy (non-hydrogen) atoms. The zero-order valence-electron chi connectivity index (χ0n) is 13.1. The largest absolute Gasteiger partial charge is 0.316 e. The van der Waals surface area contributed by atoms with Crippen LogP contribution in [0.15, 0.2) is 53.7 Å². The Morgan fingerprint density at radius 3 is 2.54 bits per heavy atom. The van der Waals surface area contributed by atoms with Crippen LogP contribution < -0.4 is 10.6 Å². The SMILES string of the molecule is CN(C)n1ccc2c(cnc3c(-c4ccc(Cl)cc4)cnn32)c1=O. The van der Waals surface area contributed by atoms with Crippen molar-refractivity contribution in [2.45, 2.75) is 0 Å². The molecule has 0 spiro atoms. The molecule has 4 rings (SSSR count). The molecule has 0 amide bonds. The summed E-state index contributed by atoms with van der Waals surface area (Å²) in [5.41, 5.74) is 3.17. The molecular formula is C17H14ClN5O. The predicted octanol–water partition coefficient (Wildman–Crippen LogP) is 2.56. The highest BCUT2D eigenvalue weighted by atomic mass is 35.5. The highest BCUT2D eigenvalue weighted by Crippen LogP contribution is 2.26. The Morgan fingerprint density at radius 2 is 1.83 bits per heavy atom. The first kappa shape index (κ1) is 14.7. The Bertz CT molecular complexity index is 1110. The van der Waals surface area contributed by atoms with Gasteiger partial charge in [0.1, 0.15) is 0 Å². The van der Waals surface area contributed by atoms with E-state index in [-0.39, 0.29) is 5.56 Å². The van der Waals surface area contributed by atoms with E-state index in [1.54, 1.807) is 28.1 Å². The highest BCUT2D eigenvalue weighted by Gasteiger charge is 2.13. The summed E-state index contributed by atoms with van der Waals surface area (Å²) in [5, 5.41) is 7.33. The lowest BCUT2D eigenvalue weighted by Gasteiger charge is -2.16. The van der Waals surface area contributed by atoms with Crippen molar-refractivity contribution in [3.05, 3.63) is 64.3 Å². The van der Waals surface area contributed by atoms with Crippen LogP contribution in [0.4, 0.5) is 0 Å². The fraction of sp³-hybridized carbons (Fsp3) is 0.118. The third kappa shape index (κ3) is 2.15. The summed E-state index contributed by atoms with van der Waals surface area (Å²) in [7, 11) is 3.62. The molecule has 7 heteroatoms. The Labute approximate surface area is 142 Å². The number of aromatic nitrogens is 4. The van der Waals surface area contributed by atoms with Crippen molar-refractivity contribution in [1.82, 2.24) is 19.3 Å². The molecule has 0 saturated carbocycles. The van der Waals surface area contributed by atoms with Crippen molar-refractivity contribution in [1.29, 1.82) is 0 Å². The molecule has 0 unspecified atom stereocenters. The quantitative estimate of drug-likeness (QED) is 0.563. The van der Waals surface area contributed by atoms with Crippen LogP contribution in [0.3, 0.4) is 0 Å². The molecule has 6 nitrogen and oxygen atoms in total. The Kier molecular flexibility index (Phi) is 3.28. The van der Waals surface area contributed by atoms with Crippen molar-refractivity contribution in [2.75, 3.05) is 19.1 Å². The third-order valence-corrected chi connectivity index (χ3v) is 4.21. The lowest BCUT2D eigenvalue weighted by atomic mass is 10.1. The summed E-state index contributed by atoms with van der Waals surface area (Å²) in [6.07, 6.45) is 5.09. The van der Waals surface area contributed by atoms with Crippen molar-refractivity contribution in [3.8, 4) is 11.1 Å². The van der Waals surface area contributed by atoms with Gasteiger partial charge in [0, 0.05) is 37.1 Å². The van der Waals surface area contributed by atoms with Gasteiger partial charge in [-0.15, -0.1) is 0 Å². The fourth-order valence-corrected chi connectivity index (χ4v) is 2.88. The third-order valence-electron chi connectivity index (χ3n) is 3.96. The van der Waals surface area contributed by atoms with E-state index in [1.165, 1.54) is 4.68 Å². The van der Waals surface area contributed by atoms with Gasteiger partial charge in [-0.1, -0.05) is 23.7 Å². The first-order valence-corrected chi connectivity index (χ1v) is 7.76. The zero-order chi connectivity index (χ0) is 16.8. The van der Waals surface area contributed by atoms with E-state index in [2.05, 4.69) is 10.1 Å². The van der Waals surface area contributed by atoms with Crippen LogP contribution in [-0.2, 0) is 0 Å². The maximum absolute atomic E-state index is 12.6. The second-order valence-corrected chi connectivity index (χ2v) is 6.11. The molecular weight excluding hydrogens is 326 g/mol. The van der Waals surface area contributed by atoms with Crippen LogP contribution in [0.5, 0.6) is 0 Å². The second kappa shape index (κ2) is 5.35. The molecule has 0 radical (unpaired) electrons. The molecule has 0 aliphatic carbocycles. The van der Waals surface area contributed by atoms with Crippen LogP contribution in [-0.4, -0.2) is 33.4 Å². The van der Waals surface area contributed by atoms with Gasteiger partial charge in [0.25, 0.3) is 5.56 Å². The summed E-state index contributed by atoms with van der Waals surface area (Å²) in [4.78, 5) is 17.0. The normalized spacial score (nSPS) is 11.3. The second-order valence-electron chi connectivity index (χ2n) is 5.67. The molecule has 3 aromatic heterocycles. The van der Waals surface area contributed by atoms with E-state index in [9.17, 15) is 4.79 Å². The lowest BCUT2D eigenvalue weighted by molar-refractivity contribution is 0.705. The van der Waals surface area contributed by atoms with Gasteiger partial charge in [-0.25, -0.2) is 14.2 Å². The Hall–Kier alpha value is -2.86. The lowest BCUT2D eigenvalue weighted by Crippen LogP contribution is -2.35. The van der Waals surface area contributed by atoms with Gasteiger partial charge in [0.15, 0.2) is 5.65 Å². The Morgan fingerprint density at radius 1 is 1.08 bits per heavy atom. The minimum absolute atomic E-state index is 0.129. The molecule has 120 valence electrons. The summed E-state index contributed by atoms with van der Waals surface area (Å²) in [5.74, 6) is 0. The monoisotopic (exact) mass is 339 g/mol. The number of fused-ring (bicyclic) bond motifs is 3. The number of benzene rings is 1. The maximum Gasteiger partial charge on any atom is 0.279 e.